The van der Waals surface area contributed by atoms with Gasteiger partial charge in [-0.2, -0.15) is 0 Å². The van der Waals surface area contributed by atoms with E-state index >= 15 is 0 Å². The molecule has 0 radical (unpaired) electrons. The summed E-state index contributed by atoms with van der Waals surface area (Å²) in [6.07, 6.45) is 2.41. The molecule has 4 heteroatoms. The maximum absolute atomic E-state index is 13.9. The summed E-state index contributed by atoms with van der Waals surface area (Å²) in [5.74, 6) is 0.498. The Morgan fingerprint density at radius 1 is 1.35 bits per heavy atom. The first kappa shape index (κ1) is 15.7. The largest absolute Gasteiger partial charge is 0.317 e. The molecule has 2 nitrogen and oxygen atoms in total. The molecule has 1 saturated heterocycles. The minimum Gasteiger partial charge on any atom is -0.317 e. The lowest BCUT2D eigenvalue weighted by molar-refractivity contribution is 0.160. The topological polar surface area (TPSA) is 15.3 Å². The number of hydrogen-bond acceptors (Lipinski definition) is 2. The van der Waals surface area contributed by atoms with Gasteiger partial charge in [-0.05, 0) is 57.8 Å². The molecule has 1 aromatic rings. The summed E-state index contributed by atoms with van der Waals surface area (Å²) < 4.78 is 13.9. The predicted octanol–water partition coefficient (Wildman–Crippen LogP) is 3.69. The third kappa shape index (κ3) is 4.18. The molecule has 20 heavy (non-hydrogen) atoms. The second-order valence-corrected chi connectivity index (χ2v) is 6.32. The highest BCUT2D eigenvalue weighted by Crippen LogP contribution is 2.23. The molecule has 2 rings (SSSR count). The van der Waals surface area contributed by atoms with Crippen LogP contribution in [0.4, 0.5) is 4.39 Å². The Morgan fingerprint density at radius 3 is 2.65 bits per heavy atom. The van der Waals surface area contributed by atoms with Crippen LogP contribution in [0.2, 0.25) is 5.02 Å². The molecule has 1 aliphatic heterocycles. The van der Waals surface area contributed by atoms with Crippen molar-refractivity contribution in [2.75, 3.05) is 19.6 Å². The van der Waals surface area contributed by atoms with Gasteiger partial charge in [-0.1, -0.05) is 17.7 Å². The minimum absolute atomic E-state index is 0.200. The molecular formula is C16H24ClFN2. The van der Waals surface area contributed by atoms with Crippen LogP contribution in [0.5, 0.6) is 0 Å². The highest BCUT2D eigenvalue weighted by atomic mass is 35.5. The smallest absolute Gasteiger partial charge is 0.129 e. The zero-order valence-electron chi connectivity index (χ0n) is 12.3. The molecule has 0 aromatic heterocycles. The molecule has 0 aliphatic carbocycles. The molecule has 1 aromatic carbocycles. The second kappa shape index (κ2) is 7.39. The van der Waals surface area contributed by atoms with E-state index in [0.29, 0.717) is 29.1 Å². The molecule has 1 aliphatic rings. The van der Waals surface area contributed by atoms with Crippen LogP contribution in [0.1, 0.15) is 32.3 Å². The Balaban J connectivity index is 2.05. The first-order chi connectivity index (χ1) is 9.58. The van der Waals surface area contributed by atoms with Crippen molar-refractivity contribution in [2.24, 2.45) is 5.92 Å². The quantitative estimate of drug-likeness (QED) is 0.892. The van der Waals surface area contributed by atoms with Gasteiger partial charge in [0.05, 0.1) is 0 Å². The zero-order valence-corrected chi connectivity index (χ0v) is 13.1. The number of nitrogens with zero attached hydrogens (tertiary/aromatic N) is 1. The van der Waals surface area contributed by atoms with Crippen molar-refractivity contribution in [1.82, 2.24) is 10.2 Å². The summed E-state index contributed by atoms with van der Waals surface area (Å²) in [5.41, 5.74) is 0.622. The first-order valence-electron chi connectivity index (χ1n) is 7.45. The van der Waals surface area contributed by atoms with Crippen LogP contribution in [0, 0.1) is 11.7 Å². The molecule has 0 spiro atoms. The third-order valence-corrected chi connectivity index (χ3v) is 4.46. The SMILES string of the molecule is CC(C)N(Cc1c(F)cccc1Cl)CC1CCNCC1. The van der Waals surface area contributed by atoms with Gasteiger partial charge in [-0.15, -0.1) is 0 Å². The third-order valence-electron chi connectivity index (χ3n) is 4.10. The van der Waals surface area contributed by atoms with Crippen molar-refractivity contribution in [3.05, 3.63) is 34.6 Å². The fraction of sp³-hybridized carbons (Fsp3) is 0.625. The number of benzene rings is 1. The van der Waals surface area contributed by atoms with Gasteiger partial charge in [-0.3, -0.25) is 4.90 Å². The van der Waals surface area contributed by atoms with Gasteiger partial charge in [0, 0.05) is 29.7 Å². The van der Waals surface area contributed by atoms with E-state index in [1.165, 1.54) is 18.9 Å². The first-order valence-corrected chi connectivity index (χ1v) is 7.83. The summed E-state index contributed by atoms with van der Waals surface area (Å²) in [6.45, 7) is 8.12. The molecule has 112 valence electrons. The Bertz CT molecular complexity index is 410. The average Bonchev–Trinajstić information content (AvgIpc) is 2.42. The van der Waals surface area contributed by atoms with Gasteiger partial charge in [0.1, 0.15) is 5.82 Å². The molecule has 0 amide bonds. The zero-order chi connectivity index (χ0) is 14.5. The number of nitrogens with one attached hydrogen (secondary N) is 1. The van der Waals surface area contributed by atoms with Gasteiger partial charge in [-0.25, -0.2) is 4.39 Å². The van der Waals surface area contributed by atoms with E-state index in [9.17, 15) is 4.39 Å². The molecule has 0 atom stereocenters. The maximum Gasteiger partial charge on any atom is 0.129 e. The highest BCUT2D eigenvalue weighted by molar-refractivity contribution is 6.31. The van der Waals surface area contributed by atoms with Crippen molar-refractivity contribution in [1.29, 1.82) is 0 Å². The second-order valence-electron chi connectivity index (χ2n) is 5.92. The summed E-state index contributed by atoms with van der Waals surface area (Å²) in [4.78, 5) is 2.33. The van der Waals surface area contributed by atoms with Crippen LogP contribution in [0.15, 0.2) is 18.2 Å². The summed E-state index contributed by atoms with van der Waals surface area (Å²) in [6, 6.07) is 5.31. The van der Waals surface area contributed by atoms with E-state index in [1.807, 2.05) is 0 Å². The Morgan fingerprint density at radius 2 is 2.05 bits per heavy atom. The Hall–Kier alpha value is -0.640. The van der Waals surface area contributed by atoms with Gasteiger partial charge in [0.25, 0.3) is 0 Å². The summed E-state index contributed by atoms with van der Waals surface area (Å²) in [7, 11) is 0. The van der Waals surface area contributed by atoms with Crippen LogP contribution < -0.4 is 5.32 Å². The van der Waals surface area contributed by atoms with E-state index in [2.05, 4.69) is 24.1 Å². The van der Waals surface area contributed by atoms with E-state index in [4.69, 9.17) is 11.6 Å². The lowest BCUT2D eigenvalue weighted by Gasteiger charge is -2.33. The molecule has 1 fully saturated rings. The number of rotatable bonds is 5. The monoisotopic (exact) mass is 298 g/mol. The number of hydrogen-bond donors (Lipinski definition) is 1. The van der Waals surface area contributed by atoms with Gasteiger partial charge in [0.15, 0.2) is 0 Å². The molecular weight excluding hydrogens is 275 g/mol. The van der Waals surface area contributed by atoms with Crippen molar-refractivity contribution in [3.8, 4) is 0 Å². The molecule has 1 heterocycles. The number of halogens is 2. The normalized spacial score (nSPS) is 17.1. The van der Waals surface area contributed by atoms with Gasteiger partial charge >= 0.3 is 0 Å². The van der Waals surface area contributed by atoms with Crippen molar-refractivity contribution >= 4 is 11.6 Å². The predicted molar refractivity (Wildman–Crippen MR) is 82.5 cm³/mol. The molecule has 0 unspecified atom stereocenters. The van der Waals surface area contributed by atoms with Crippen LogP contribution in [-0.2, 0) is 6.54 Å². The van der Waals surface area contributed by atoms with E-state index in [-0.39, 0.29) is 5.82 Å². The van der Waals surface area contributed by atoms with Gasteiger partial charge in [0.2, 0.25) is 0 Å². The van der Waals surface area contributed by atoms with E-state index in [0.717, 1.165) is 19.6 Å². The minimum atomic E-state index is -0.200. The van der Waals surface area contributed by atoms with Crippen LogP contribution in [0.3, 0.4) is 0 Å². The van der Waals surface area contributed by atoms with Crippen LogP contribution in [-0.4, -0.2) is 30.6 Å². The lowest BCUT2D eigenvalue weighted by Crippen LogP contribution is -2.39. The van der Waals surface area contributed by atoms with Crippen molar-refractivity contribution < 1.29 is 4.39 Å². The average molecular weight is 299 g/mol. The molecule has 1 N–H and O–H groups in total. The summed E-state index contributed by atoms with van der Waals surface area (Å²) in [5, 5.41) is 3.91. The fourth-order valence-electron chi connectivity index (χ4n) is 2.74. The van der Waals surface area contributed by atoms with E-state index in [1.54, 1.807) is 12.1 Å². The highest BCUT2D eigenvalue weighted by Gasteiger charge is 2.20. The lowest BCUT2D eigenvalue weighted by atomic mass is 9.96. The molecule has 0 saturated carbocycles. The molecule has 0 bridgehead atoms. The van der Waals surface area contributed by atoms with Crippen molar-refractivity contribution in [2.45, 2.75) is 39.3 Å². The Kier molecular flexibility index (Phi) is 5.82. The van der Waals surface area contributed by atoms with Crippen molar-refractivity contribution in [3.63, 3.8) is 0 Å². The fourth-order valence-corrected chi connectivity index (χ4v) is 2.96. The van der Waals surface area contributed by atoms with Crippen LogP contribution >= 0.6 is 11.6 Å². The van der Waals surface area contributed by atoms with E-state index < -0.39 is 0 Å². The standard InChI is InChI=1S/C16H24ClFN2/c1-12(2)20(10-13-6-8-19-9-7-13)11-14-15(17)4-3-5-16(14)18/h3-5,12-13,19H,6-11H2,1-2H3. The van der Waals surface area contributed by atoms with Crippen LogP contribution in [0.25, 0.3) is 0 Å². The number of piperidine rings is 1. The Labute approximate surface area is 126 Å². The summed E-state index contributed by atoms with van der Waals surface area (Å²) >= 11 is 6.14. The van der Waals surface area contributed by atoms with Gasteiger partial charge < -0.3 is 5.32 Å². The maximum atomic E-state index is 13.9.